The summed E-state index contributed by atoms with van der Waals surface area (Å²) >= 11 is 0. The van der Waals surface area contributed by atoms with Gasteiger partial charge in [-0.05, 0) is 38.0 Å². The molecule has 1 aromatic carbocycles. The number of alkyl halides is 3. The van der Waals surface area contributed by atoms with E-state index in [0.29, 0.717) is 0 Å². The van der Waals surface area contributed by atoms with Gasteiger partial charge in [-0.25, -0.2) is 9.78 Å². The average molecular weight is 371 g/mol. The maximum atomic E-state index is 13.2. The van der Waals surface area contributed by atoms with Gasteiger partial charge in [0.25, 0.3) is 5.91 Å². The Bertz CT molecular complexity index is 841. The van der Waals surface area contributed by atoms with E-state index in [0.717, 1.165) is 4.57 Å². The Hall–Kier alpha value is -2.58. The number of carbonyl (C=O) groups is 2. The summed E-state index contributed by atoms with van der Waals surface area (Å²) in [6.45, 7) is 6.50. The summed E-state index contributed by atoms with van der Waals surface area (Å²) in [6.07, 6.45) is -4.63. The molecule has 26 heavy (non-hydrogen) atoms. The number of carboxylic acid groups (broad SMARTS) is 1. The van der Waals surface area contributed by atoms with Crippen LogP contribution in [0, 0.1) is 5.92 Å². The summed E-state index contributed by atoms with van der Waals surface area (Å²) in [4.78, 5) is 27.1. The van der Waals surface area contributed by atoms with Gasteiger partial charge in [0.2, 0.25) is 5.82 Å². The van der Waals surface area contributed by atoms with Gasteiger partial charge in [-0.1, -0.05) is 13.8 Å². The number of hydrogen-bond acceptors (Lipinski definition) is 3. The van der Waals surface area contributed by atoms with Gasteiger partial charge >= 0.3 is 12.1 Å². The van der Waals surface area contributed by atoms with Gasteiger partial charge < -0.3 is 15.0 Å². The predicted octanol–water partition coefficient (Wildman–Crippen LogP) is 3.48. The number of nitrogens with zero attached hydrogens (tertiary/aromatic N) is 2. The summed E-state index contributed by atoms with van der Waals surface area (Å²) in [7, 11) is 0. The standard InChI is InChI=1S/C17H20F3N3O3/c1-8(2)13(15(25)26)22-14(24)10-5-6-12-11(7-10)21-16(17(18,19)20)23(12)9(3)4/h5-9,13H,1-4H3,(H,22,24)(H,25,26). The Morgan fingerprint density at radius 2 is 1.81 bits per heavy atom. The van der Waals surface area contributed by atoms with Crippen molar-refractivity contribution in [2.24, 2.45) is 5.92 Å². The second kappa shape index (κ2) is 6.97. The van der Waals surface area contributed by atoms with Crippen LogP contribution in [-0.4, -0.2) is 32.6 Å². The molecule has 1 unspecified atom stereocenters. The zero-order valence-corrected chi connectivity index (χ0v) is 14.8. The van der Waals surface area contributed by atoms with E-state index in [1.54, 1.807) is 27.7 Å². The molecule has 0 saturated heterocycles. The van der Waals surface area contributed by atoms with Crippen LogP contribution in [-0.2, 0) is 11.0 Å². The summed E-state index contributed by atoms with van der Waals surface area (Å²) in [5, 5.41) is 11.5. The molecule has 1 aromatic heterocycles. The molecule has 0 spiro atoms. The number of aliphatic carboxylic acids is 1. The molecule has 0 radical (unpaired) electrons. The van der Waals surface area contributed by atoms with Crippen LogP contribution in [0.5, 0.6) is 0 Å². The molecular formula is C17H20F3N3O3. The average Bonchev–Trinajstić information content (AvgIpc) is 2.90. The number of nitrogens with one attached hydrogen (secondary N) is 1. The molecule has 2 rings (SSSR count). The summed E-state index contributed by atoms with van der Waals surface area (Å²) in [5.41, 5.74) is 0.323. The van der Waals surface area contributed by atoms with E-state index in [9.17, 15) is 22.8 Å². The van der Waals surface area contributed by atoms with Gasteiger partial charge in [0.1, 0.15) is 6.04 Å². The normalized spacial score (nSPS) is 13.4. The molecule has 0 bridgehead atoms. The summed E-state index contributed by atoms with van der Waals surface area (Å²) < 4.78 is 40.7. The van der Waals surface area contributed by atoms with E-state index >= 15 is 0 Å². The van der Waals surface area contributed by atoms with Crippen molar-refractivity contribution in [1.29, 1.82) is 0 Å². The molecule has 6 nitrogen and oxygen atoms in total. The number of rotatable bonds is 5. The number of hydrogen-bond donors (Lipinski definition) is 2. The van der Waals surface area contributed by atoms with Crippen molar-refractivity contribution in [2.75, 3.05) is 0 Å². The molecule has 0 aliphatic heterocycles. The third-order valence-corrected chi connectivity index (χ3v) is 3.94. The molecule has 0 fully saturated rings. The number of aromatic nitrogens is 2. The van der Waals surface area contributed by atoms with E-state index in [1.807, 2.05) is 0 Å². The number of fused-ring (bicyclic) bond motifs is 1. The minimum Gasteiger partial charge on any atom is -0.480 e. The Balaban J connectivity index is 2.46. The highest BCUT2D eigenvalue weighted by Gasteiger charge is 2.38. The lowest BCUT2D eigenvalue weighted by atomic mass is 10.0. The summed E-state index contributed by atoms with van der Waals surface area (Å²) in [5.74, 6) is -3.25. The third-order valence-electron chi connectivity index (χ3n) is 3.94. The molecule has 0 saturated carbocycles. The molecule has 2 N–H and O–H groups in total. The Labute approximate surface area is 148 Å². The highest BCUT2D eigenvalue weighted by atomic mass is 19.4. The molecule has 1 amide bonds. The van der Waals surface area contributed by atoms with E-state index in [-0.39, 0.29) is 22.5 Å². The number of halogens is 3. The smallest absolute Gasteiger partial charge is 0.449 e. The molecule has 1 atom stereocenters. The van der Waals surface area contributed by atoms with Crippen molar-refractivity contribution in [1.82, 2.24) is 14.9 Å². The highest BCUT2D eigenvalue weighted by Crippen LogP contribution is 2.33. The minimum absolute atomic E-state index is 0.0232. The monoisotopic (exact) mass is 371 g/mol. The minimum atomic E-state index is -4.63. The number of benzene rings is 1. The van der Waals surface area contributed by atoms with Crippen molar-refractivity contribution in [3.8, 4) is 0 Å². The van der Waals surface area contributed by atoms with Gasteiger partial charge in [-0.15, -0.1) is 0 Å². The van der Waals surface area contributed by atoms with E-state index in [4.69, 9.17) is 5.11 Å². The highest BCUT2D eigenvalue weighted by molar-refractivity contribution is 5.99. The van der Waals surface area contributed by atoms with Crippen LogP contribution < -0.4 is 5.32 Å². The maximum absolute atomic E-state index is 13.2. The number of imidazole rings is 1. The van der Waals surface area contributed by atoms with Gasteiger partial charge in [0.15, 0.2) is 0 Å². The Kier molecular flexibility index (Phi) is 5.29. The first-order valence-corrected chi connectivity index (χ1v) is 8.06. The van der Waals surface area contributed by atoms with Crippen LogP contribution in [0.3, 0.4) is 0 Å². The Morgan fingerprint density at radius 1 is 1.19 bits per heavy atom. The molecule has 2 aromatic rings. The second-order valence-corrected chi connectivity index (χ2v) is 6.63. The van der Waals surface area contributed by atoms with Gasteiger partial charge in [0, 0.05) is 11.6 Å². The molecule has 1 heterocycles. The van der Waals surface area contributed by atoms with Crippen molar-refractivity contribution >= 4 is 22.9 Å². The van der Waals surface area contributed by atoms with E-state index in [2.05, 4.69) is 10.3 Å². The maximum Gasteiger partial charge on any atom is 0.449 e. The predicted molar refractivity (Wildman–Crippen MR) is 88.8 cm³/mol. The number of carboxylic acids is 1. The lowest BCUT2D eigenvalue weighted by Crippen LogP contribution is -2.44. The fraction of sp³-hybridized carbons (Fsp3) is 0.471. The van der Waals surface area contributed by atoms with Gasteiger partial charge in [-0.2, -0.15) is 13.2 Å². The van der Waals surface area contributed by atoms with Crippen LogP contribution >= 0.6 is 0 Å². The van der Waals surface area contributed by atoms with Gasteiger partial charge in [0.05, 0.1) is 11.0 Å². The van der Waals surface area contributed by atoms with Gasteiger partial charge in [-0.3, -0.25) is 4.79 Å². The number of carbonyl (C=O) groups excluding carboxylic acids is 1. The number of amides is 1. The van der Waals surface area contributed by atoms with E-state index in [1.165, 1.54) is 18.2 Å². The van der Waals surface area contributed by atoms with E-state index < -0.39 is 36.0 Å². The van der Waals surface area contributed by atoms with Crippen LogP contribution in [0.4, 0.5) is 13.2 Å². The third kappa shape index (κ3) is 3.81. The van der Waals surface area contributed by atoms with Crippen molar-refractivity contribution in [3.05, 3.63) is 29.6 Å². The lowest BCUT2D eigenvalue weighted by molar-refractivity contribution is -0.147. The Morgan fingerprint density at radius 3 is 2.27 bits per heavy atom. The van der Waals surface area contributed by atoms with Crippen LogP contribution in [0.25, 0.3) is 11.0 Å². The molecule has 9 heteroatoms. The zero-order chi connectivity index (χ0) is 19.8. The first-order chi connectivity index (χ1) is 11.9. The largest absolute Gasteiger partial charge is 0.480 e. The van der Waals surface area contributed by atoms with Crippen molar-refractivity contribution < 1.29 is 27.9 Å². The zero-order valence-electron chi connectivity index (χ0n) is 14.8. The quantitative estimate of drug-likeness (QED) is 0.843. The molecule has 142 valence electrons. The molecule has 0 aliphatic carbocycles. The SMILES string of the molecule is CC(C)C(NC(=O)c1ccc2c(c1)nc(C(F)(F)F)n2C(C)C)C(=O)O. The molecule has 0 aliphatic rings. The molecular weight excluding hydrogens is 351 g/mol. The van der Waals surface area contributed by atoms with Crippen molar-refractivity contribution in [2.45, 2.75) is 46.0 Å². The topological polar surface area (TPSA) is 84.2 Å². The van der Waals surface area contributed by atoms with Crippen LogP contribution in [0.2, 0.25) is 0 Å². The van der Waals surface area contributed by atoms with Crippen LogP contribution in [0.1, 0.15) is 49.9 Å². The van der Waals surface area contributed by atoms with Crippen molar-refractivity contribution in [3.63, 3.8) is 0 Å². The second-order valence-electron chi connectivity index (χ2n) is 6.63. The van der Waals surface area contributed by atoms with Crippen LogP contribution in [0.15, 0.2) is 18.2 Å². The fourth-order valence-electron chi connectivity index (χ4n) is 2.70. The lowest BCUT2D eigenvalue weighted by Gasteiger charge is -2.18. The first-order valence-electron chi connectivity index (χ1n) is 8.06. The summed E-state index contributed by atoms with van der Waals surface area (Å²) in [6, 6.07) is 2.40. The first kappa shape index (κ1) is 19.7. The fourth-order valence-corrected chi connectivity index (χ4v) is 2.70.